The van der Waals surface area contributed by atoms with Crippen LogP contribution in [0.5, 0.6) is 11.5 Å². The normalized spacial score (nSPS) is 11.1. The van der Waals surface area contributed by atoms with E-state index in [0.717, 1.165) is 38.5 Å². The number of aromatic nitrogens is 1. The molecular weight excluding hydrogens is 360 g/mol. The molecule has 154 valence electrons. The molecule has 1 N–H and O–H groups in total. The average molecular weight is 390 g/mol. The van der Waals surface area contributed by atoms with Crippen molar-refractivity contribution in [3.05, 3.63) is 38.7 Å². The first-order chi connectivity index (χ1) is 13.5. The van der Waals surface area contributed by atoms with Crippen molar-refractivity contribution in [1.82, 2.24) is 4.57 Å². The van der Waals surface area contributed by atoms with Crippen LogP contribution in [0.4, 0.5) is 5.69 Å². The highest BCUT2D eigenvalue weighted by Gasteiger charge is 2.20. The SMILES string of the molecule is CCCCCCCCn1c(=O)c(O)c(OCCCC)c2ccc([N+](=O)[O-])cc21. The maximum Gasteiger partial charge on any atom is 0.297 e. The Hall–Kier alpha value is -2.57. The van der Waals surface area contributed by atoms with E-state index in [1.807, 2.05) is 6.92 Å². The summed E-state index contributed by atoms with van der Waals surface area (Å²) in [5.41, 5.74) is -0.223. The predicted octanol–water partition coefficient (Wildman–Crippen LogP) is 5.15. The summed E-state index contributed by atoms with van der Waals surface area (Å²) in [5.74, 6) is -0.314. The molecule has 1 aromatic heterocycles. The number of aryl methyl sites for hydroxylation is 1. The van der Waals surface area contributed by atoms with E-state index in [9.17, 15) is 20.0 Å². The molecule has 0 atom stereocenters. The lowest BCUT2D eigenvalue weighted by atomic mass is 10.1. The first-order valence-electron chi connectivity index (χ1n) is 10.2. The van der Waals surface area contributed by atoms with Gasteiger partial charge >= 0.3 is 0 Å². The Morgan fingerprint density at radius 1 is 1.07 bits per heavy atom. The zero-order valence-electron chi connectivity index (χ0n) is 16.8. The van der Waals surface area contributed by atoms with Crippen LogP contribution in [-0.2, 0) is 6.54 Å². The molecule has 28 heavy (non-hydrogen) atoms. The number of ether oxygens (including phenoxy) is 1. The molecule has 0 radical (unpaired) electrons. The van der Waals surface area contributed by atoms with Crippen molar-refractivity contribution < 1.29 is 14.8 Å². The van der Waals surface area contributed by atoms with E-state index in [2.05, 4.69) is 6.92 Å². The van der Waals surface area contributed by atoms with Gasteiger partial charge in [0.15, 0.2) is 5.75 Å². The average Bonchev–Trinajstić information content (AvgIpc) is 2.69. The van der Waals surface area contributed by atoms with Gasteiger partial charge < -0.3 is 14.4 Å². The second-order valence-electron chi connectivity index (χ2n) is 7.06. The van der Waals surface area contributed by atoms with E-state index in [1.165, 1.54) is 29.5 Å². The molecule has 0 spiro atoms. The summed E-state index contributed by atoms with van der Waals surface area (Å²) in [7, 11) is 0. The van der Waals surface area contributed by atoms with Crippen LogP contribution in [-0.4, -0.2) is 21.2 Å². The molecule has 2 rings (SSSR count). The van der Waals surface area contributed by atoms with Crippen molar-refractivity contribution in [2.24, 2.45) is 0 Å². The molecule has 1 aromatic carbocycles. The van der Waals surface area contributed by atoms with Gasteiger partial charge in [0, 0.05) is 24.1 Å². The van der Waals surface area contributed by atoms with Crippen LogP contribution in [0.3, 0.4) is 0 Å². The monoisotopic (exact) mass is 390 g/mol. The number of non-ortho nitro benzene ring substituents is 1. The zero-order chi connectivity index (χ0) is 20.5. The topological polar surface area (TPSA) is 94.6 Å². The lowest BCUT2D eigenvalue weighted by Crippen LogP contribution is -2.21. The molecule has 0 bridgehead atoms. The summed E-state index contributed by atoms with van der Waals surface area (Å²) >= 11 is 0. The van der Waals surface area contributed by atoms with Crippen LogP contribution >= 0.6 is 0 Å². The standard InChI is InChI=1S/C21H30N2O5/c1-3-5-7-8-9-10-13-22-18-15-16(23(26)27)11-12-17(18)20(19(24)21(22)25)28-14-6-4-2/h11-12,15,24H,3-10,13-14H2,1-2H3. The van der Waals surface area contributed by atoms with E-state index < -0.39 is 16.2 Å². The van der Waals surface area contributed by atoms with Gasteiger partial charge in [0.1, 0.15) is 0 Å². The van der Waals surface area contributed by atoms with Gasteiger partial charge in [0.25, 0.3) is 11.2 Å². The molecule has 7 nitrogen and oxygen atoms in total. The molecule has 0 aliphatic rings. The second-order valence-corrected chi connectivity index (χ2v) is 7.06. The highest BCUT2D eigenvalue weighted by molar-refractivity contribution is 5.89. The van der Waals surface area contributed by atoms with Gasteiger partial charge in [-0.1, -0.05) is 52.4 Å². The molecule has 2 aromatic rings. The highest BCUT2D eigenvalue weighted by atomic mass is 16.6. The minimum absolute atomic E-state index is 0.0891. The molecule has 0 saturated carbocycles. The minimum Gasteiger partial charge on any atom is -0.500 e. The summed E-state index contributed by atoms with van der Waals surface area (Å²) in [4.78, 5) is 23.5. The Morgan fingerprint density at radius 3 is 2.43 bits per heavy atom. The van der Waals surface area contributed by atoms with Crippen molar-refractivity contribution >= 4 is 16.6 Å². The fourth-order valence-electron chi connectivity index (χ4n) is 3.25. The number of pyridine rings is 1. The van der Waals surface area contributed by atoms with Crippen molar-refractivity contribution in [3.63, 3.8) is 0 Å². The van der Waals surface area contributed by atoms with Gasteiger partial charge in [-0.2, -0.15) is 0 Å². The number of fused-ring (bicyclic) bond motifs is 1. The Bertz CT molecular complexity index is 860. The van der Waals surface area contributed by atoms with Crippen LogP contribution in [0.25, 0.3) is 10.9 Å². The second kappa shape index (κ2) is 10.7. The van der Waals surface area contributed by atoms with Crippen LogP contribution in [0.15, 0.2) is 23.0 Å². The van der Waals surface area contributed by atoms with E-state index in [0.29, 0.717) is 24.1 Å². The summed E-state index contributed by atoms with van der Waals surface area (Å²) in [5, 5.41) is 22.2. The Labute approximate surface area is 165 Å². The number of unbranched alkanes of at least 4 members (excludes halogenated alkanes) is 6. The Morgan fingerprint density at radius 2 is 1.75 bits per heavy atom. The van der Waals surface area contributed by atoms with E-state index in [1.54, 1.807) is 6.07 Å². The van der Waals surface area contributed by atoms with Crippen LogP contribution in [0.1, 0.15) is 65.2 Å². The van der Waals surface area contributed by atoms with Crippen molar-refractivity contribution in [3.8, 4) is 11.5 Å². The summed E-state index contributed by atoms with van der Waals surface area (Å²) in [6.45, 7) is 4.96. The number of hydrogen-bond donors (Lipinski definition) is 1. The predicted molar refractivity (Wildman–Crippen MR) is 110 cm³/mol. The lowest BCUT2D eigenvalue weighted by molar-refractivity contribution is -0.384. The van der Waals surface area contributed by atoms with Crippen molar-refractivity contribution in [1.29, 1.82) is 0 Å². The summed E-state index contributed by atoms with van der Waals surface area (Å²) in [6, 6.07) is 4.31. The van der Waals surface area contributed by atoms with E-state index in [4.69, 9.17) is 4.74 Å². The van der Waals surface area contributed by atoms with Gasteiger partial charge in [-0.15, -0.1) is 0 Å². The first-order valence-corrected chi connectivity index (χ1v) is 10.2. The smallest absolute Gasteiger partial charge is 0.297 e. The maximum absolute atomic E-state index is 12.7. The third-order valence-electron chi connectivity index (χ3n) is 4.87. The number of nitro groups is 1. The van der Waals surface area contributed by atoms with Gasteiger partial charge in [0.2, 0.25) is 5.75 Å². The Kier molecular flexibility index (Phi) is 8.29. The molecule has 0 fully saturated rings. The number of nitrogens with zero attached hydrogens (tertiary/aromatic N) is 2. The number of aromatic hydroxyl groups is 1. The van der Waals surface area contributed by atoms with Gasteiger partial charge in [0.05, 0.1) is 17.0 Å². The molecule has 0 aliphatic carbocycles. The quantitative estimate of drug-likeness (QED) is 0.307. The van der Waals surface area contributed by atoms with E-state index >= 15 is 0 Å². The molecule has 0 unspecified atom stereocenters. The zero-order valence-corrected chi connectivity index (χ0v) is 16.8. The van der Waals surface area contributed by atoms with Gasteiger partial charge in [-0.25, -0.2) is 0 Å². The molecule has 0 amide bonds. The van der Waals surface area contributed by atoms with Crippen molar-refractivity contribution in [2.45, 2.75) is 71.8 Å². The van der Waals surface area contributed by atoms with Crippen molar-refractivity contribution in [2.75, 3.05) is 6.61 Å². The van der Waals surface area contributed by atoms with Gasteiger partial charge in [-0.3, -0.25) is 14.9 Å². The molecule has 7 heteroatoms. The van der Waals surface area contributed by atoms with E-state index in [-0.39, 0.29) is 11.4 Å². The lowest BCUT2D eigenvalue weighted by Gasteiger charge is -2.16. The molecule has 0 aliphatic heterocycles. The fourth-order valence-corrected chi connectivity index (χ4v) is 3.25. The van der Waals surface area contributed by atoms with Gasteiger partial charge in [-0.05, 0) is 18.9 Å². The van der Waals surface area contributed by atoms with Crippen LogP contribution in [0.2, 0.25) is 0 Å². The number of rotatable bonds is 12. The Balaban J connectivity index is 2.39. The maximum atomic E-state index is 12.7. The highest BCUT2D eigenvalue weighted by Crippen LogP contribution is 2.34. The first kappa shape index (κ1) is 21.7. The summed E-state index contributed by atoms with van der Waals surface area (Å²) in [6.07, 6.45) is 8.06. The van der Waals surface area contributed by atoms with Crippen LogP contribution in [0, 0.1) is 10.1 Å². The number of nitro benzene ring substituents is 1. The van der Waals surface area contributed by atoms with Crippen LogP contribution < -0.4 is 10.3 Å². The fraction of sp³-hybridized carbons (Fsp3) is 0.571. The third kappa shape index (κ3) is 5.24. The number of hydrogen-bond acceptors (Lipinski definition) is 5. The summed E-state index contributed by atoms with van der Waals surface area (Å²) < 4.78 is 7.10. The molecular formula is C21H30N2O5. The largest absolute Gasteiger partial charge is 0.500 e. The molecule has 1 heterocycles. The number of benzene rings is 1. The molecule has 0 saturated heterocycles. The minimum atomic E-state index is -0.562. The third-order valence-corrected chi connectivity index (χ3v) is 4.87.